The molecule has 1 aromatic carbocycles. The van der Waals surface area contributed by atoms with Gasteiger partial charge in [-0.05, 0) is 19.0 Å². The van der Waals surface area contributed by atoms with Gasteiger partial charge in [-0.1, -0.05) is 18.2 Å². The summed E-state index contributed by atoms with van der Waals surface area (Å²) in [4.78, 5) is 0. The Labute approximate surface area is 83.1 Å². The molecule has 2 atom stereocenters. The van der Waals surface area contributed by atoms with Gasteiger partial charge in [-0.2, -0.15) is 0 Å². The zero-order chi connectivity index (χ0) is 9.97. The topological polar surface area (TPSA) is 21.3 Å². The summed E-state index contributed by atoms with van der Waals surface area (Å²) < 4.78 is 18.8. The van der Waals surface area contributed by atoms with Gasteiger partial charge in [0.05, 0.1) is 12.1 Å². The Kier molecular flexibility index (Phi) is 2.79. The lowest BCUT2D eigenvalue weighted by Crippen LogP contribution is -2.23. The predicted octanol–water partition coefficient (Wildman–Crippen LogP) is 1.88. The van der Waals surface area contributed by atoms with Gasteiger partial charge >= 0.3 is 0 Å². The van der Waals surface area contributed by atoms with E-state index in [-0.39, 0.29) is 18.0 Å². The summed E-state index contributed by atoms with van der Waals surface area (Å²) in [6, 6.07) is 6.86. The molecule has 0 amide bonds. The Morgan fingerprint density at radius 2 is 2.21 bits per heavy atom. The number of halogens is 1. The van der Waals surface area contributed by atoms with Crippen molar-refractivity contribution in [2.24, 2.45) is 0 Å². The van der Waals surface area contributed by atoms with Crippen molar-refractivity contribution in [1.29, 1.82) is 0 Å². The van der Waals surface area contributed by atoms with Crippen molar-refractivity contribution in [3.05, 3.63) is 35.6 Å². The molecule has 2 rings (SSSR count). The van der Waals surface area contributed by atoms with Gasteiger partial charge in [0.2, 0.25) is 0 Å². The van der Waals surface area contributed by atoms with Crippen LogP contribution in [0.25, 0.3) is 0 Å². The highest BCUT2D eigenvalue weighted by molar-refractivity contribution is 5.23. The van der Waals surface area contributed by atoms with Crippen LogP contribution in [0, 0.1) is 5.82 Å². The van der Waals surface area contributed by atoms with E-state index in [1.807, 2.05) is 12.1 Å². The van der Waals surface area contributed by atoms with Crippen molar-refractivity contribution >= 4 is 0 Å². The van der Waals surface area contributed by atoms with E-state index >= 15 is 0 Å². The smallest absolute Gasteiger partial charge is 0.128 e. The fourth-order valence-corrected chi connectivity index (χ4v) is 1.97. The molecule has 1 aliphatic heterocycles. The molecule has 2 unspecified atom stereocenters. The van der Waals surface area contributed by atoms with Gasteiger partial charge in [0.1, 0.15) is 5.82 Å². The second-order valence-electron chi connectivity index (χ2n) is 3.52. The number of nitrogens with one attached hydrogen (secondary N) is 1. The van der Waals surface area contributed by atoms with Crippen molar-refractivity contribution in [2.45, 2.75) is 18.6 Å². The average Bonchev–Trinajstić information content (AvgIpc) is 2.66. The quantitative estimate of drug-likeness (QED) is 0.778. The Balaban J connectivity index is 2.26. The molecule has 0 aliphatic carbocycles. The molecule has 1 fully saturated rings. The van der Waals surface area contributed by atoms with Crippen molar-refractivity contribution < 1.29 is 9.13 Å². The Bertz CT molecular complexity index is 316. The molecule has 14 heavy (non-hydrogen) atoms. The summed E-state index contributed by atoms with van der Waals surface area (Å²) in [5.41, 5.74) is 0.705. The molecule has 1 saturated heterocycles. The molecule has 0 aromatic heterocycles. The maximum Gasteiger partial charge on any atom is 0.128 e. The van der Waals surface area contributed by atoms with E-state index in [0.29, 0.717) is 5.56 Å². The standard InChI is InChI=1S/C11H14FNO/c1-14-10-6-7-13-11(10)8-4-2-3-5-9(8)12/h2-5,10-11,13H,6-7H2,1H3. The van der Waals surface area contributed by atoms with Crippen molar-refractivity contribution in [1.82, 2.24) is 5.32 Å². The van der Waals surface area contributed by atoms with Crippen molar-refractivity contribution in [3.63, 3.8) is 0 Å². The van der Waals surface area contributed by atoms with Crippen LogP contribution in [0.1, 0.15) is 18.0 Å². The zero-order valence-electron chi connectivity index (χ0n) is 8.16. The molecular weight excluding hydrogens is 181 g/mol. The maximum absolute atomic E-state index is 13.5. The molecule has 0 bridgehead atoms. The van der Waals surface area contributed by atoms with E-state index in [1.54, 1.807) is 13.2 Å². The molecule has 2 nitrogen and oxygen atoms in total. The summed E-state index contributed by atoms with van der Waals surface area (Å²) in [7, 11) is 1.67. The largest absolute Gasteiger partial charge is 0.379 e. The molecule has 1 aromatic rings. The van der Waals surface area contributed by atoms with E-state index in [0.717, 1.165) is 13.0 Å². The summed E-state index contributed by atoms with van der Waals surface area (Å²) in [6.45, 7) is 0.886. The number of ether oxygens (including phenoxy) is 1. The minimum absolute atomic E-state index is 0.00111. The van der Waals surface area contributed by atoms with Crippen LogP contribution in [0.4, 0.5) is 4.39 Å². The fourth-order valence-electron chi connectivity index (χ4n) is 1.97. The van der Waals surface area contributed by atoms with Crippen LogP contribution in [0.15, 0.2) is 24.3 Å². The molecular formula is C11H14FNO. The van der Waals surface area contributed by atoms with Crippen molar-refractivity contribution in [3.8, 4) is 0 Å². The van der Waals surface area contributed by atoms with E-state index in [4.69, 9.17) is 4.74 Å². The number of hydrogen-bond acceptors (Lipinski definition) is 2. The van der Waals surface area contributed by atoms with Crippen LogP contribution < -0.4 is 5.32 Å². The summed E-state index contributed by atoms with van der Waals surface area (Å²) >= 11 is 0. The lowest BCUT2D eigenvalue weighted by Gasteiger charge is -2.18. The van der Waals surface area contributed by atoms with Crippen LogP contribution in [0.5, 0.6) is 0 Å². The third kappa shape index (κ3) is 1.65. The molecule has 1 aliphatic rings. The zero-order valence-corrected chi connectivity index (χ0v) is 8.16. The molecule has 76 valence electrons. The number of methoxy groups -OCH3 is 1. The molecule has 1 N–H and O–H groups in total. The van der Waals surface area contributed by atoms with Gasteiger partial charge in [0, 0.05) is 12.7 Å². The highest BCUT2D eigenvalue weighted by Crippen LogP contribution is 2.27. The summed E-state index contributed by atoms with van der Waals surface area (Å²) in [6.07, 6.45) is 1.03. The van der Waals surface area contributed by atoms with E-state index < -0.39 is 0 Å². The third-order valence-electron chi connectivity index (χ3n) is 2.71. The van der Waals surface area contributed by atoms with Gasteiger partial charge < -0.3 is 10.1 Å². The third-order valence-corrected chi connectivity index (χ3v) is 2.71. The molecule has 0 spiro atoms. The first-order valence-corrected chi connectivity index (χ1v) is 4.83. The van der Waals surface area contributed by atoms with E-state index in [9.17, 15) is 4.39 Å². The molecule has 0 saturated carbocycles. The van der Waals surface area contributed by atoms with Gasteiger partial charge in [-0.3, -0.25) is 0 Å². The van der Waals surface area contributed by atoms with Crippen LogP contribution in [0.3, 0.4) is 0 Å². The van der Waals surface area contributed by atoms with Gasteiger partial charge in [-0.25, -0.2) is 4.39 Å². The summed E-state index contributed by atoms with van der Waals surface area (Å²) in [5, 5.41) is 3.25. The molecule has 0 radical (unpaired) electrons. The van der Waals surface area contributed by atoms with Crippen LogP contribution in [-0.4, -0.2) is 19.8 Å². The molecule has 1 heterocycles. The number of rotatable bonds is 2. The van der Waals surface area contributed by atoms with Gasteiger partial charge in [0.25, 0.3) is 0 Å². The second kappa shape index (κ2) is 4.07. The summed E-state index contributed by atoms with van der Waals surface area (Å²) in [5.74, 6) is -0.158. The monoisotopic (exact) mass is 195 g/mol. The van der Waals surface area contributed by atoms with Crippen LogP contribution >= 0.6 is 0 Å². The highest BCUT2D eigenvalue weighted by atomic mass is 19.1. The Morgan fingerprint density at radius 3 is 2.93 bits per heavy atom. The lowest BCUT2D eigenvalue weighted by molar-refractivity contribution is 0.0910. The Morgan fingerprint density at radius 1 is 1.43 bits per heavy atom. The normalized spacial score (nSPS) is 26.7. The van der Waals surface area contributed by atoms with Gasteiger partial charge in [-0.15, -0.1) is 0 Å². The van der Waals surface area contributed by atoms with E-state index in [1.165, 1.54) is 6.07 Å². The first-order chi connectivity index (χ1) is 6.83. The van der Waals surface area contributed by atoms with E-state index in [2.05, 4.69) is 5.32 Å². The number of benzene rings is 1. The highest BCUT2D eigenvalue weighted by Gasteiger charge is 2.29. The molecule has 3 heteroatoms. The van der Waals surface area contributed by atoms with Crippen molar-refractivity contribution in [2.75, 3.05) is 13.7 Å². The first kappa shape index (κ1) is 9.62. The van der Waals surface area contributed by atoms with Gasteiger partial charge in [0.15, 0.2) is 0 Å². The van der Waals surface area contributed by atoms with Crippen LogP contribution in [-0.2, 0) is 4.74 Å². The SMILES string of the molecule is COC1CCNC1c1ccccc1F. The maximum atomic E-state index is 13.5. The fraction of sp³-hybridized carbons (Fsp3) is 0.455. The first-order valence-electron chi connectivity index (χ1n) is 4.83. The average molecular weight is 195 g/mol. The predicted molar refractivity (Wildman–Crippen MR) is 52.6 cm³/mol. The van der Waals surface area contributed by atoms with Crippen LogP contribution in [0.2, 0.25) is 0 Å². The second-order valence-corrected chi connectivity index (χ2v) is 3.52. The minimum atomic E-state index is -0.158. The minimum Gasteiger partial charge on any atom is -0.379 e. The Hall–Kier alpha value is -0.930. The lowest BCUT2D eigenvalue weighted by atomic mass is 10.0. The number of hydrogen-bond donors (Lipinski definition) is 1.